The topological polar surface area (TPSA) is 9.72 Å². The van der Waals surface area contributed by atoms with E-state index in [2.05, 4.69) is 332 Å². The summed E-state index contributed by atoms with van der Waals surface area (Å²) in [5, 5.41) is 8.74. The summed E-state index contributed by atoms with van der Waals surface area (Å²) >= 11 is 0. The smallest absolute Gasteiger partial charge is 0.0318 e. The van der Waals surface area contributed by atoms with Crippen molar-refractivity contribution in [2.24, 2.45) is 0 Å². The second-order valence-corrected chi connectivity index (χ2v) is 38.8. The number of hydrogen-bond donors (Lipinski definition) is 0. The first-order chi connectivity index (χ1) is 48.3. The fourth-order valence-electron chi connectivity index (χ4n) is 16.3. The van der Waals surface area contributed by atoms with E-state index in [4.69, 9.17) is 0 Å². The average Bonchev–Trinajstić information content (AvgIpc) is 0.925. The van der Waals surface area contributed by atoms with Gasteiger partial charge in [0.1, 0.15) is 0 Å². The van der Waals surface area contributed by atoms with E-state index < -0.39 is 32.3 Å². The van der Waals surface area contributed by atoms with Crippen LogP contribution in [0.4, 0.5) is 0 Å². The zero-order valence-electron chi connectivity index (χ0n) is 58.2. The van der Waals surface area contributed by atoms with Gasteiger partial charge in [-0.25, -0.2) is 0 Å². The van der Waals surface area contributed by atoms with Gasteiger partial charge in [-0.3, -0.25) is 13.8 Å². The Morgan fingerprint density at radius 2 is 0.612 bits per heavy atom. The monoisotopic (exact) mass is 1400 g/mol. The highest BCUT2D eigenvalue weighted by Gasteiger charge is 2.45. The molecular formula is C89H103N3P6. The van der Waals surface area contributed by atoms with Gasteiger partial charge in [-0.2, -0.15) is 0 Å². The minimum absolute atomic E-state index is 0.444. The molecule has 504 valence electrons. The molecule has 3 aliphatic rings. The van der Waals surface area contributed by atoms with Gasteiger partial charge < -0.3 is 0 Å². The van der Waals surface area contributed by atoms with Gasteiger partial charge in [0, 0.05) is 79.1 Å². The number of rotatable bonds is 29. The van der Waals surface area contributed by atoms with Gasteiger partial charge in [-0.1, -0.05) is 326 Å². The van der Waals surface area contributed by atoms with Crippen LogP contribution < -0.4 is 31.8 Å². The quantitative estimate of drug-likeness (QED) is 0.0433. The first-order valence-electron chi connectivity index (χ1n) is 37.0. The van der Waals surface area contributed by atoms with Crippen LogP contribution in [0.3, 0.4) is 0 Å². The van der Waals surface area contributed by atoms with E-state index in [1.54, 1.807) is 0 Å². The molecule has 3 fully saturated rings. The van der Waals surface area contributed by atoms with E-state index in [0.717, 1.165) is 32.5 Å². The van der Waals surface area contributed by atoms with Crippen molar-refractivity contribution in [2.75, 3.05) is 19.6 Å². The van der Waals surface area contributed by atoms with Crippen molar-refractivity contribution in [3.8, 4) is 0 Å². The maximum atomic E-state index is 3.31. The molecule has 10 aromatic rings. The van der Waals surface area contributed by atoms with Crippen molar-refractivity contribution in [3.63, 3.8) is 0 Å². The highest BCUT2D eigenvalue weighted by molar-refractivity contribution is 7.79. The zero-order valence-corrected chi connectivity index (χ0v) is 64.1. The summed E-state index contributed by atoms with van der Waals surface area (Å²) in [4.78, 5) is 0. The van der Waals surface area contributed by atoms with Crippen LogP contribution in [0, 0.1) is 0 Å². The fraction of sp³-hybridized carbons (Fsp3) is 0.326. The zero-order chi connectivity index (χ0) is 67.0. The Hall–Kier alpha value is -5.34. The molecule has 7 unspecified atom stereocenters. The molecule has 0 bridgehead atoms. The molecule has 1 aliphatic heterocycles. The average molecular weight is 1400 g/mol. The summed E-state index contributed by atoms with van der Waals surface area (Å²) in [6, 6.07) is 110. The summed E-state index contributed by atoms with van der Waals surface area (Å²) < 4.78 is 9.05. The number of benzene rings is 10. The third kappa shape index (κ3) is 17.1. The van der Waals surface area contributed by atoms with E-state index in [1.807, 2.05) is 0 Å². The second-order valence-electron chi connectivity index (χ2n) is 27.8. The minimum atomic E-state index is -0.802. The van der Waals surface area contributed by atoms with E-state index in [-0.39, 0.29) is 0 Å². The molecule has 0 aromatic heterocycles. The van der Waals surface area contributed by atoms with Crippen LogP contribution in [0.5, 0.6) is 0 Å². The van der Waals surface area contributed by atoms with Crippen molar-refractivity contribution in [2.45, 2.75) is 164 Å². The van der Waals surface area contributed by atoms with Crippen LogP contribution in [0.15, 0.2) is 279 Å². The predicted octanol–water partition coefficient (Wildman–Crippen LogP) is 21.7. The summed E-state index contributed by atoms with van der Waals surface area (Å²) in [7, 11) is 3.63. The molecule has 9 heteroatoms. The Morgan fingerprint density at radius 3 is 0.949 bits per heavy atom. The lowest BCUT2D eigenvalue weighted by atomic mass is 9.94. The molecular weight excluding hydrogens is 1300 g/mol. The van der Waals surface area contributed by atoms with Crippen molar-refractivity contribution >= 4 is 82.6 Å². The van der Waals surface area contributed by atoms with E-state index in [0.29, 0.717) is 46.6 Å². The Labute approximate surface area is 599 Å². The maximum Gasteiger partial charge on any atom is 0.0318 e. The Balaban J connectivity index is 0.782. The van der Waals surface area contributed by atoms with Crippen LogP contribution >= 0.6 is 50.8 Å². The Morgan fingerprint density at radius 1 is 0.316 bits per heavy atom. The lowest BCUT2D eigenvalue weighted by Crippen LogP contribution is -2.43. The standard InChI is InChI=1S/C89H103N3P6/c1-4-7-63-90(88-82(59-61-84(88)93)72-29-16-10-17-30-72)95(76-33-20-12-21-34-76)80-55-47-70(48-56-80)66-68-43-51-74(52-44-68)86-41-28-42-87(98(86)92(65-9-6-3)97(78-37-24-14-25-38-78)79-39-26-15-27-40-79)75-53-45-69(46-54-75)67-71-49-57-81(58-50-71)96(77-35-22-13-23-36-77)91(64-8-5-2)89-83(60-62-85(89)94)73-31-18-11-19-32-73/h10-27,29-40,43-58,82-89H,4-9,28,41-42,59-67,93-94H2,1-3H3/t82-,83+,84+,85-,86-,87-,88?,89?,95?,96?,98?/m0/s1. The van der Waals surface area contributed by atoms with Crippen molar-refractivity contribution in [3.05, 3.63) is 324 Å². The van der Waals surface area contributed by atoms with Crippen LogP contribution in [0.1, 0.15) is 172 Å². The molecule has 0 N–H and O–H groups in total. The van der Waals surface area contributed by atoms with Crippen molar-refractivity contribution in [1.82, 2.24) is 13.8 Å². The Bertz CT molecular complexity index is 3710. The molecule has 2 aliphatic carbocycles. The van der Waals surface area contributed by atoms with Crippen LogP contribution in [-0.2, 0) is 12.8 Å². The maximum absolute atomic E-state index is 3.31. The molecule has 0 radical (unpaired) electrons. The molecule has 13 rings (SSSR count). The van der Waals surface area contributed by atoms with Gasteiger partial charge in [0.15, 0.2) is 0 Å². The van der Waals surface area contributed by atoms with Gasteiger partial charge in [0.2, 0.25) is 0 Å². The van der Waals surface area contributed by atoms with Crippen LogP contribution in [0.2, 0.25) is 0 Å². The summed E-state index contributed by atoms with van der Waals surface area (Å²) in [5.41, 5.74) is 13.6. The third-order valence-electron chi connectivity index (χ3n) is 21.2. The molecule has 10 aromatic carbocycles. The normalized spacial score (nSPS) is 21.7. The highest BCUT2D eigenvalue weighted by atomic mass is 31.2. The highest BCUT2D eigenvalue weighted by Crippen LogP contribution is 2.74. The lowest BCUT2D eigenvalue weighted by molar-refractivity contribution is 0.323. The largest absolute Gasteiger partial charge is 0.271 e. The van der Waals surface area contributed by atoms with Gasteiger partial charge in [-0.15, -0.1) is 18.5 Å². The number of hydrogen-bond acceptors (Lipinski definition) is 3. The SMILES string of the molecule is CCCCN(C1[C@@H](c2ccccc2)CC[C@@H]1P)P(c1ccccc1)c1ccc(Cc2ccc([C@@H]3CCC[C@@H](c4ccc(Cc5ccc(P(c6ccccc6)N(CCCC)C6[C@H](P)CC[C@H]6c6ccccc6)cc5)cc4)P3N(CCCC)P(c3ccccc3)c3ccccc3)cc2)cc1. The van der Waals surface area contributed by atoms with Gasteiger partial charge in [-0.05, 0) is 166 Å². The molecule has 98 heavy (non-hydrogen) atoms. The van der Waals surface area contributed by atoms with E-state index >= 15 is 0 Å². The summed E-state index contributed by atoms with van der Waals surface area (Å²) in [6.07, 6.45) is 17.6. The lowest BCUT2D eigenvalue weighted by Gasteiger charge is -2.49. The van der Waals surface area contributed by atoms with E-state index in [9.17, 15) is 0 Å². The van der Waals surface area contributed by atoms with Gasteiger partial charge in [0.25, 0.3) is 0 Å². The molecule has 1 saturated heterocycles. The van der Waals surface area contributed by atoms with Crippen LogP contribution in [-0.4, -0.2) is 56.8 Å². The van der Waals surface area contributed by atoms with Gasteiger partial charge in [0.05, 0.1) is 0 Å². The molecule has 1 heterocycles. The van der Waals surface area contributed by atoms with Crippen molar-refractivity contribution < 1.29 is 0 Å². The van der Waals surface area contributed by atoms with Gasteiger partial charge >= 0.3 is 0 Å². The minimum Gasteiger partial charge on any atom is -0.271 e. The first kappa shape index (κ1) is 71.1. The van der Waals surface area contributed by atoms with Crippen molar-refractivity contribution in [1.29, 1.82) is 0 Å². The second kappa shape index (κ2) is 35.5. The summed E-state index contributed by atoms with van der Waals surface area (Å²) in [6.45, 7) is 10.4. The number of nitrogens with zero attached hydrogens (tertiary/aromatic N) is 3. The molecule has 0 spiro atoms. The molecule has 2 saturated carbocycles. The van der Waals surface area contributed by atoms with E-state index in [1.165, 1.54) is 160 Å². The predicted molar refractivity (Wildman–Crippen MR) is 438 cm³/mol. The first-order valence-corrected chi connectivity index (χ1v) is 43.7. The molecule has 3 nitrogen and oxygen atoms in total. The van der Waals surface area contributed by atoms with Crippen LogP contribution in [0.25, 0.3) is 0 Å². The number of unbranched alkanes of at least 4 members (excludes halogenated alkanes) is 3. The molecule has 13 atom stereocenters. The fourth-order valence-corrected chi connectivity index (χ4v) is 30.9. The Kier molecular flexibility index (Phi) is 25.8. The third-order valence-corrected chi connectivity index (χ3v) is 34.3. The molecule has 0 amide bonds. The summed E-state index contributed by atoms with van der Waals surface area (Å²) in [5.74, 6) is 1.05.